The van der Waals surface area contributed by atoms with E-state index >= 15 is 0 Å². The SMILES string of the molecule is COC(=O)CN(C(=O)C1CCCCC1)C1CCCC1. The van der Waals surface area contributed by atoms with Gasteiger partial charge in [-0.3, -0.25) is 9.59 Å². The van der Waals surface area contributed by atoms with Crippen molar-refractivity contribution in [2.45, 2.75) is 63.8 Å². The molecular weight excluding hydrogens is 242 g/mol. The molecule has 0 bridgehead atoms. The summed E-state index contributed by atoms with van der Waals surface area (Å²) < 4.78 is 4.74. The summed E-state index contributed by atoms with van der Waals surface area (Å²) in [4.78, 5) is 26.0. The highest BCUT2D eigenvalue weighted by Gasteiger charge is 2.33. The number of esters is 1. The molecule has 19 heavy (non-hydrogen) atoms. The van der Waals surface area contributed by atoms with Crippen molar-refractivity contribution in [3.05, 3.63) is 0 Å². The molecule has 108 valence electrons. The third-order valence-corrected chi connectivity index (χ3v) is 4.53. The molecule has 0 heterocycles. The highest BCUT2D eigenvalue weighted by atomic mass is 16.5. The number of hydrogen-bond acceptors (Lipinski definition) is 3. The lowest BCUT2D eigenvalue weighted by Crippen LogP contribution is -2.45. The fourth-order valence-electron chi connectivity index (χ4n) is 3.39. The van der Waals surface area contributed by atoms with Crippen LogP contribution in [-0.2, 0) is 14.3 Å². The molecule has 0 N–H and O–H groups in total. The molecule has 0 aromatic rings. The Bertz CT molecular complexity index is 317. The zero-order chi connectivity index (χ0) is 13.7. The van der Waals surface area contributed by atoms with E-state index in [1.54, 1.807) is 0 Å². The largest absolute Gasteiger partial charge is 0.468 e. The number of amides is 1. The molecule has 2 aliphatic carbocycles. The van der Waals surface area contributed by atoms with E-state index in [4.69, 9.17) is 4.74 Å². The van der Waals surface area contributed by atoms with Crippen molar-refractivity contribution in [1.29, 1.82) is 0 Å². The Balaban J connectivity index is 2.01. The number of hydrogen-bond donors (Lipinski definition) is 0. The molecular formula is C15H25NO3. The molecule has 0 spiro atoms. The van der Waals surface area contributed by atoms with Crippen LogP contribution in [0.1, 0.15) is 57.8 Å². The van der Waals surface area contributed by atoms with Gasteiger partial charge < -0.3 is 9.64 Å². The van der Waals surface area contributed by atoms with Gasteiger partial charge in [-0.2, -0.15) is 0 Å². The highest BCUT2D eigenvalue weighted by Crippen LogP contribution is 2.29. The van der Waals surface area contributed by atoms with E-state index in [0.29, 0.717) is 0 Å². The van der Waals surface area contributed by atoms with E-state index in [1.165, 1.54) is 26.4 Å². The van der Waals surface area contributed by atoms with E-state index in [-0.39, 0.29) is 30.4 Å². The summed E-state index contributed by atoms with van der Waals surface area (Å²) in [6.07, 6.45) is 9.92. The highest BCUT2D eigenvalue weighted by molar-refractivity contribution is 5.84. The van der Waals surface area contributed by atoms with Gasteiger partial charge in [-0.25, -0.2) is 0 Å². The average molecular weight is 267 g/mol. The molecule has 2 fully saturated rings. The standard InChI is InChI=1S/C15H25NO3/c1-19-14(17)11-16(13-9-5-6-10-13)15(18)12-7-3-2-4-8-12/h12-13H,2-11H2,1H3. The first-order valence-electron chi connectivity index (χ1n) is 7.59. The van der Waals surface area contributed by atoms with Crippen LogP contribution in [-0.4, -0.2) is 36.5 Å². The van der Waals surface area contributed by atoms with Crippen molar-refractivity contribution in [3.8, 4) is 0 Å². The molecule has 0 atom stereocenters. The van der Waals surface area contributed by atoms with Crippen LogP contribution in [0.25, 0.3) is 0 Å². The van der Waals surface area contributed by atoms with Crippen molar-refractivity contribution >= 4 is 11.9 Å². The third-order valence-electron chi connectivity index (χ3n) is 4.53. The monoisotopic (exact) mass is 267 g/mol. The van der Waals surface area contributed by atoms with Crippen molar-refractivity contribution in [2.75, 3.05) is 13.7 Å². The molecule has 1 amide bonds. The number of methoxy groups -OCH3 is 1. The fraction of sp³-hybridized carbons (Fsp3) is 0.867. The number of carbonyl (C=O) groups is 2. The first-order valence-corrected chi connectivity index (χ1v) is 7.59. The first kappa shape index (κ1) is 14.4. The number of carbonyl (C=O) groups excluding carboxylic acids is 2. The Hall–Kier alpha value is -1.06. The van der Waals surface area contributed by atoms with Gasteiger partial charge in [-0.1, -0.05) is 32.1 Å². The predicted molar refractivity (Wildman–Crippen MR) is 72.6 cm³/mol. The van der Waals surface area contributed by atoms with Crippen LogP contribution in [0.2, 0.25) is 0 Å². The second-order valence-corrected chi connectivity index (χ2v) is 5.82. The van der Waals surface area contributed by atoms with E-state index in [0.717, 1.165) is 38.5 Å². The Labute approximate surface area is 115 Å². The lowest BCUT2D eigenvalue weighted by Gasteiger charge is -2.32. The van der Waals surface area contributed by atoms with Gasteiger partial charge in [0.25, 0.3) is 0 Å². The maximum absolute atomic E-state index is 12.7. The Kier molecular flexibility index (Phi) is 5.23. The lowest BCUT2D eigenvalue weighted by molar-refractivity contribution is -0.150. The zero-order valence-corrected chi connectivity index (χ0v) is 11.9. The van der Waals surface area contributed by atoms with E-state index in [1.807, 2.05) is 4.90 Å². The molecule has 0 saturated heterocycles. The van der Waals surface area contributed by atoms with Gasteiger partial charge in [0, 0.05) is 12.0 Å². The third kappa shape index (κ3) is 3.71. The van der Waals surface area contributed by atoms with Gasteiger partial charge in [-0.15, -0.1) is 0 Å². The summed E-state index contributed by atoms with van der Waals surface area (Å²) in [5.41, 5.74) is 0. The van der Waals surface area contributed by atoms with Crippen LogP contribution in [0, 0.1) is 5.92 Å². The van der Waals surface area contributed by atoms with Crippen LogP contribution in [0.3, 0.4) is 0 Å². The molecule has 0 unspecified atom stereocenters. The van der Waals surface area contributed by atoms with Crippen LogP contribution >= 0.6 is 0 Å². The van der Waals surface area contributed by atoms with Gasteiger partial charge in [-0.05, 0) is 25.7 Å². The minimum absolute atomic E-state index is 0.135. The van der Waals surface area contributed by atoms with E-state index in [9.17, 15) is 9.59 Å². The van der Waals surface area contributed by atoms with E-state index in [2.05, 4.69) is 0 Å². The Morgan fingerprint density at radius 1 is 1.00 bits per heavy atom. The summed E-state index contributed by atoms with van der Waals surface area (Å²) in [7, 11) is 1.39. The van der Waals surface area contributed by atoms with Crippen molar-refractivity contribution in [1.82, 2.24) is 4.90 Å². The van der Waals surface area contributed by atoms with Gasteiger partial charge in [0.2, 0.25) is 5.91 Å². The molecule has 4 heteroatoms. The molecule has 0 aromatic heterocycles. The van der Waals surface area contributed by atoms with Crippen LogP contribution in [0.15, 0.2) is 0 Å². The number of rotatable bonds is 4. The number of ether oxygens (including phenoxy) is 1. The predicted octanol–water partition coefficient (Wildman–Crippen LogP) is 2.51. The van der Waals surface area contributed by atoms with Crippen LogP contribution in [0.4, 0.5) is 0 Å². The van der Waals surface area contributed by atoms with Crippen molar-refractivity contribution in [3.63, 3.8) is 0 Å². The zero-order valence-electron chi connectivity index (χ0n) is 11.9. The van der Waals surface area contributed by atoms with Gasteiger partial charge in [0.1, 0.15) is 6.54 Å². The minimum Gasteiger partial charge on any atom is -0.468 e. The number of nitrogens with zero attached hydrogens (tertiary/aromatic N) is 1. The molecule has 0 radical (unpaired) electrons. The maximum Gasteiger partial charge on any atom is 0.325 e. The van der Waals surface area contributed by atoms with Crippen LogP contribution in [0.5, 0.6) is 0 Å². The van der Waals surface area contributed by atoms with Crippen LogP contribution < -0.4 is 0 Å². The summed E-state index contributed by atoms with van der Waals surface area (Å²) in [5, 5.41) is 0. The molecule has 0 aromatic carbocycles. The second kappa shape index (κ2) is 6.92. The molecule has 2 saturated carbocycles. The fourth-order valence-corrected chi connectivity index (χ4v) is 3.39. The summed E-state index contributed by atoms with van der Waals surface area (Å²) in [6.45, 7) is 0.135. The lowest BCUT2D eigenvalue weighted by atomic mass is 9.88. The van der Waals surface area contributed by atoms with Gasteiger partial charge in [0.15, 0.2) is 0 Å². The summed E-state index contributed by atoms with van der Waals surface area (Å²) in [5.74, 6) is 0.0343. The molecule has 2 aliphatic rings. The van der Waals surface area contributed by atoms with Crippen molar-refractivity contribution in [2.24, 2.45) is 5.92 Å². The van der Waals surface area contributed by atoms with E-state index < -0.39 is 0 Å². The Morgan fingerprint density at radius 2 is 1.58 bits per heavy atom. The molecule has 4 nitrogen and oxygen atoms in total. The van der Waals surface area contributed by atoms with Crippen molar-refractivity contribution < 1.29 is 14.3 Å². The smallest absolute Gasteiger partial charge is 0.325 e. The normalized spacial score (nSPS) is 21.3. The quantitative estimate of drug-likeness (QED) is 0.735. The Morgan fingerprint density at radius 3 is 2.16 bits per heavy atom. The van der Waals surface area contributed by atoms with Gasteiger partial charge in [0.05, 0.1) is 7.11 Å². The topological polar surface area (TPSA) is 46.6 Å². The first-order chi connectivity index (χ1) is 9.22. The molecule has 2 rings (SSSR count). The summed E-state index contributed by atoms with van der Waals surface area (Å²) >= 11 is 0. The minimum atomic E-state index is -0.295. The maximum atomic E-state index is 12.7. The average Bonchev–Trinajstić information content (AvgIpc) is 2.98. The second-order valence-electron chi connectivity index (χ2n) is 5.82. The van der Waals surface area contributed by atoms with Gasteiger partial charge >= 0.3 is 5.97 Å². The molecule has 0 aliphatic heterocycles. The summed E-state index contributed by atoms with van der Waals surface area (Å²) in [6, 6.07) is 0.258.